The third-order valence-electron chi connectivity index (χ3n) is 1.69. The van der Waals surface area contributed by atoms with Crippen LogP contribution in [0.15, 0.2) is 16.7 Å². The van der Waals surface area contributed by atoms with Gasteiger partial charge in [0.05, 0.1) is 0 Å². The van der Waals surface area contributed by atoms with E-state index in [4.69, 9.17) is 0 Å². The molecule has 0 fully saturated rings. The fourth-order valence-electron chi connectivity index (χ4n) is 0.562. The summed E-state index contributed by atoms with van der Waals surface area (Å²) in [6.45, 7) is 10.4. The molecular weight excluding hydrogens is 131 g/mol. The van der Waals surface area contributed by atoms with E-state index in [0.29, 0.717) is 0 Å². The summed E-state index contributed by atoms with van der Waals surface area (Å²) in [4.78, 5) is 0. The van der Waals surface area contributed by atoms with Crippen molar-refractivity contribution in [2.24, 2.45) is 0 Å². The van der Waals surface area contributed by atoms with Crippen LogP contribution in [0, 0.1) is 6.08 Å². The number of hydrogen-bond donors (Lipinski definition) is 0. The first kappa shape index (κ1) is 13.1. The zero-order chi connectivity index (χ0) is 7.44. The molecule has 0 amide bonds. The molecule has 0 atom stereocenters. The molecule has 0 rings (SSSR count). The van der Waals surface area contributed by atoms with Gasteiger partial charge >= 0.3 is 29.6 Å². The van der Waals surface area contributed by atoms with Crippen molar-refractivity contribution in [2.75, 3.05) is 0 Å². The Morgan fingerprint density at radius 2 is 1.40 bits per heavy atom. The molecule has 0 heterocycles. The van der Waals surface area contributed by atoms with Crippen molar-refractivity contribution in [1.82, 2.24) is 0 Å². The number of rotatable bonds is 1. The van der Waals surface area contributed by atoms with Crippen LogP contribution in [0.5, 0.6) is 0 Å². The average Bonchev–Trinajstić information content (AvgIpc) is 1.84. The molecule has 0 N–H and O–H groups in total. The van der Waals surface area contributed by atoms with Crippen LogP contribution in [0.4, 0.5) is 0 Å². The van der Waals surface area contributed by atoms with Gasteiger partial charge in [-0.2, -0.15) is 11.1 Å². The molecule has 0 saturated carbocycles. The maximum atomic E-state index is 3.10. The van der Waals surface area contributed by atoms with Gasteiger partial charge in [-0.25, -0.2) is 5.57 Å². The minimum Gasteiger partial charge on any atom is -0.275 e. The average molecular weight is 146 g/mol. The molecule has 0 unspecified atom stereocenters. The zero-order valence-corrected chi connectivity index (χ0v) is 10.0. The molecule has 0 aromatic carbocycles. The molecule has 52 valence electrons. The molecule has 1 heteroatoms. The summed E-state index contributed by atoms with van der Waals surface area (Å²) in [6, 6.07) is 0. The Bertz CT molecular complexity index is 148. The largest absolute Gasteiger partial charge is 1.00 e. The van der Waals surface area contributed by atoms with Crippen LogP contribution in [-0.4, -0.2) is 0 Å². The van der Waals surface area contributed by atoms with Gasteiger partial charge < -0.3 is 0 Å². The van der Waals surface area contributed by atoms with Crippen molar-refractivity contribution < 1.29 is 29.6 Å². The first-order chi connectivity index (χ1) is 4.09. The fraction of sp³-hybridized carbons (Fsp3) is 0.556. The van der Waals surface area contributed by atoms with E-state index in [-0.39, 0.29) is 29.6 Å². The van der Waals surface area contributed by atoms with Crippen LogP contribution >= 0.6 is 0 Å². The van der Waals surface area contributed by atoms with Crippen molar-refractivity contribution in [2.45, 2.75) is 34.6 Å². The van der Waals surface area contributed by atoms with Crippen LogP contribution in [0.1, 0.15) is 34.6 Å². The fourth-order valence-corrected chi connectivity index (χ4v) is 0.562. The quantitative estimate of drug-likeness (QED) is 0.280. The molecule has 0 aliphatic carbocycles. The summed E-state index contributed by atoms with van der Waals surface area (Å²) in [6.07, 6.45) is 3.10. The molecule has 0 aliphatic heterocycles. The summed E-state index contributed by atoms with van der Waals surface area (Å²) in [5, 5.41) is 0. The molecule has 0 aliphatic rings. The Morgan fingerprint density at radius 3 is 1.50 bits per heavy atom. The van der Waals surface area contributed by atoms with Crippen molar-refractivity contribution in [3.05, 3.63) is 22.8 Å². The SMILES string of the molecule is C[C-]=C(C)C(C)=C(C)C.[Na+]. The minimum atomic E-state index is 0. The molecule has 0 radical (unpaired) electrons. The van der Waals surface area contributed by atoms with E-state index in [1.807, 2.05) is 6.92 Å². The molecule has 0 saturated heterocycles. The Kier molecular flexibility index (Phi) is 8.13. The van der Waals surface area contributed by atoms with Gasteiger partial charge in [0, 0.05) is 0 Å². The maximum Gasteiger partial charge on any atom is 1.00 e. The summed E-state index contributed by atoms with van der Waals surface area (Å²) in [5.74, 6) is 0. The Hall–Kier alpha value is 0.480. The molecule has 0 bridgehead atoms. The molecule has 0 spiro atoms. The molecular formula is C9H15Na. The van der Waals surface area contributed by atoms with Crippen molar-refractivity contribution in [3.63, 3.8) is 0 Å². The maximum absolute atomic E-state index is 3.10. The summed E-state index contributed by atoms with van der Waals surface area (Å²) < 4.78 is 0. The monoisotopic (exact) mass is 146 g/mol. The van der Waals surface area contributed by atoms with Crippen LogP contribution < -0.4 is 29.6 Å². The first-order valence-corrected chi connectivity index (χ1v) is 3.25. The second-order valence-electron chi connectivity index (χ2n) is 2.50. The van der Waals surface area contributed by atoms with E-state index < -0.39 is 0 Å². The Balaban J connectivity index is 0. The van der Waals surface area contributed by atoms with Gasteiger partial charge in [0.25, 0.3) is 0 Å². The predicted molar refractivity (Wildman–Crippen MR) is 42.2 cm³/mol. The standard InChI is InChI=1S/C9H15.Na/c1-6-8(4)9(5)7(2)3;/h1-5H3;/q-1;+1. The van der Waals surface area contributed by atoms with Gasteiger partial charge in [0.1, 0.15) is 0 Å². The van der Waals surface area contributed by atoms with Crippen molar-refractivity contribution in [3.8, 4) is 0 Å². The van der Waals surface area contributed by atoms with Gasteiger partial charge in [-0.15, -0.1) is 13.8 Å². The minimum absolute atomic E-state index is 0. The van der Waals surface area contributed by atoms with E-state index in [9.17, 15) is 0 Å². The number of hydrogen-bond acceptors (Lipinski definition) is 0. The molecule has 0 aromatic heterocycles. The number of allylic oxidation sites excluding steroid dienone is 4. The molecule has 0 nitrogen and oxygen atoms in total. The zero-order valence-electron chi connectivity index (χ0n) is 8.00. The van der Waals surface area contributed by atoms with Gasteiger partial charge in [0.2, 0.25) is 0 Å². The van der Waals surface area contributed by atoms with Gasteiger partial charge in [-0.1, -0.05) is 20.8 Å². The summed E-state index contributed by atoms with van der Waals surface area (Å²) >= 11 is 0. The predicted octanol–water partition coefficient (Wildman–Crippen LogP) is 0.116. The van der Waals surface area contributed by atoms with Gasteiger partial charge in [0.15, 0.2) is 0 Å². The van der Waals surface area contributed by atoms with E-state index >= 15 is 0 Å². The van der Waals surface area contributed by atoms with E-state index in [0.717, 1.165) is 0 Å². The van der Waals surface area contributed by atoms with Crippen LogP contribution in [-0.2, 0) is 0 Å². The van der Waals surface area contributed by atoms with Crippen LogP contribution in [0.3, 0.4) is 0 Å². The van der Waals surface area contributed by atoms with Crippen molar-refractivity contribution in [1.29, 1.82) is 0 Å². The normalized spacial score (nSPS) is 10.3. The molecule has 0 aromatic rings. The van der Waals surface area contributed by atoms with E-state index in [1.54, 1.807) is 0 Å². The molecule has 10 heavy (non-hydrogen) atoms. The van der Waals surface area contributed by atoms with Crippen LogP contribution in [0.25, 0.3) is 0 Å². The first-order valence-electron chi connectivity index (χ1n) is 3.25. The summed E-state index contributed by atoms with van der Waals surface area (Å²) in [5.41, 5.74) is 3.99. The van der Waals surface area contributed by atoms with E-state index in [1.165, 1.54) is 16.7 Å². The van der Waals surface area contributed by atoms with Crippen molar-refractivity contribution >= 4 is 0 Å². The Labute approximate surface area is 86.7 Å². The summed E-state index contributed by atoms with van der Waals surface area (Å²) in [7, 11) is 0. The third-order valence-corrected chi connectivity index (χ3v) is 1.69. The topological polar surface area (TPSA) is 0 Å². The van der Waals surface area contributed by atoms with Gasteiger partial charge in [-0.05, 0) is 0 Å². The van der Waals surface area contributed by atoms with Gasteiger partial charge in [-0.3, -0.25) is 6.08 Å². The van der Waals surface area contributed by atoms with Crippen LogP contribution in [0.2, 0.25) is 0 Å². The second-order valence-corrected chi connectivity index (χ2v) is 2.50. The van der Waals surface area contributed by atoms with E-state index in [2.05, 4.69) is 33.8 Å². The second kappa shape index (κ2) is 6.21. The third kappa shape index (κ3) is 4.32. The smallest absolute Gasteiger partial charge is 0.275 e. The Morgan fingerprint density at radius 1 is 1.00 bits per heavy atom.